The van der Waals surface area contributed by atoms with Crippen LogP contribution in [0.3, 0.4) is 0 Å². The molecule has 5 atom stereocenters. The Morgan fingerprint density at radius 3 is 2.67 bits per heavy atom. The first kappa shape index (κ1) is 23.0. The van der Waals surface area contributed by atoms with Crippen LogP contribution >= 0.6 is 11.8 Å². The highest BCUT2D eigenvalue weighted by atomic mass is 32.2. The Bertz CT molecular complexity index is 758. The minimum absolute atomic E-state index is 0.143. The van der Waals surface area contributed by atoms with E-state index in [4.69, 9.17) is 14.2 Å². The topological polar surface area (TPSA) is 80.6 Å². The standard InChI is InChI=1S/C21H29FN2O5S/c1-21(2,3)29-20(26)24(4)19-23-16-15(22)17(14(10-11-25)28-18(16)30-19)27-12-13-8-6-5-7-9-13/h5-9,14-18,25H,10-12H2,1-4H3/t14-,15-,16-,17+,18-/m1/s1. The first-order chi connectivity index (χ1) is 14.2. The SMILES string of the molecule is CN(C(=O)OC(C)(C)C)C1=N[C@@H]2[C@@H](F)[C@@H](OCc3ccccc3)[C@@H](CCO)O[C@@H]2S1. The number of benzene rings is 1. The van der Waals surface area contributed by atoms with E-state index < -0.39 is 41.6 Å². The van der Waals surface area contributed by atoms with Crippen LogP contribution in [-0.4, -0.2) is 70.4 Å². The van der Waals surface area contributed by atoms with Crippen LogP contribution in [0.1, 0.15) is 32.8 Å². The molecule has 0 unspecified atom stereocenters. The number of fused-ring (bicyclic) bond motifs is 1. The molecule has 7 nitrogen and oxygen atoms in total. The average molecular weight is 441 g/mol. The quantitative estimate of drug-likeness (QED) is 0.756. The van der Waals surface area contributed by atoms with Gasteiger partial charge in [-0.2, -0.15) is 0 Å². The van der Waals surface area contributed by atoms with Crippen molar-refractivity contribution in [1.29, 1.82) is 0 Å². The molecule has 0 radical (unpaired) electrons. The number of ether oxygens (including phenoxy) is 3. The van der Waals surface area contributed by atoms with Crippen molar-refractivity contribution in [3.05, 3.63) is 35.9 Å². The number of amidine groups is 1. The second kappa shape index (κ2) is 9.64. The number of alkyl halides is 1. The van der Waals surface area contributed by atoms with Gasteiger partial charge in [0.05, 0.1) is 12.7 Å². The molecule has 1 aromatic rings. The highest BCUT2D eigenvalue weighted by Crippen LogP contribution is 2.40. The van der Waals surface area contributed by atoms with Crippen molar-refractivity contribution in [1.82, 2.24) is 4.90 Å². The fourth-order valence-electron chi connectivity index (χ4n) is 3.27. The van der Waals surface area contributed by atoms with Crippen LogP contribution in [0.25, 0.3) is 0 Å². The Hall–Kier alpha value is -1.68. The van der Waals surface area contributed by atoms with Gasteiger partial charge >= 0.3 is 6.09 Å². The maximum Gasteiger partial charge on any atom is 0.416 e. The largest absolute Gasteiger partial charge is 0.443 e. The summed E-state index contributed by atoms with van der Waals surface area (Å²) in [6.45, 7) is 5.41. The molecule has 0 aliphatic carbocycles. The molecule has 1 amide bonds. The third-order valence-electron chi connectivity index (χ3n) is 4.73. The number of nitrogens with zero attached hydrogens (tertiary/aromatic N) is 2. The summed E-state index contributed by atoms with van der Waals surface area (Å²) in [6, 6.07) is 8.68. The van der Waals surface area contributed by atoms with Gasteiger partial charge in [0.25, 0.3) is 0 Å². The van der Waals surface area contributed by atoms with Gasteiger partial charge in [-0.05, 0) is 32.8 Å². The zero-order valence-electron chi connectivity index (χ0n) is 17.7. The number of amides is 1. The van der Waals surface area contributed by atoms with Gasteiger partial charge in [0.1, 0.15) is 23.2 Å². The van der Waals surface area contributed by atoms with E-state index in [0.717, 1.165) is 5.56 Å². The lowest BCUT2D eigenvalue weighted by atomic mass is 9.97. The number of halogens is 1. The van der Waals surface area contributed by atoms with Gasteiger partial charge in [-0.25, -0.2) is 9.18 Å². The number of rotatable bonds is 5. The summed E-state index contributed by atoms with van der Waals surface area (Å²) in [5.41, 5.74) is -0.318. The predicted molar refractivity (Wildman–Crippen MR) is 113 cm³/mol. The second-order valence-corrected chi connectivity index (χ2v) is 9.39. The number of aliphatic hydroxyl groups is 1. The smallest absolute Gasteiger partial charge is 0.416 e. The van der Waals surface area contributed by atoms with Crippen molar-refractivity contribution in [3.8, 4) is 0 Å². The number of carbonyl (C=O) groups is 1. The Morgan fingerprint density at radius 2 is 2.03 bits per heavy atom. The van der Waals surface area contributed by atoms with Gasteiger partial charge in [-0.15, -0.1) is 0 Å². The van der Waals surface area contributed by atoms with E-state index in [2.05, 4.69) is 4.99 Å². The molecule has 0 bridgehead atoms. The van der Waals surface area contributed by atoms with Crippen LogP contribution in [0, 0.1) is 0 Å². The van der Waals surface area contributed by atoms with E-state index in [0.29, 0.717) is 5.17 Å². The summed E-state index contributed by atoms with van der Waals surface area (Å²) in [5.74, 6) is 0. The molecule has 2 aliphatic rings. The molecule has 1 saturated heterocycles. The Labute approximate surface area is 180 Å². The molecule has 0 saturated carbocycles. The summed E-state index contributed by atoms with van der Waals surface area (Å²) in [5, 5.41) is 9.75. The fraction of sp³-hybridized carbons (Fsp3) is 0.619. The molecular weight excluding hydrogens is 411 g/mol. The van der Waals surface area contributed by atoms with E-state index in [1.54, 1.807) is 27.8 Å². The van der Waals surface area contributed by atoms with Gasteiger partial charge in [-0.3, -0.25) is 9.89 Å². The lowest BCUT2D eigenvalue weighted by Gasteiger charge is -2.39. The lowest BCUT2D eigenvalue weighted by Crippen LogP contribution is -2.54. The van der Waals surface area contributed by atoms with Gasteiger partial charge in [0.15, 0.2) is 11.3 Å². The lowest BCUT2D eigenvalue weighted by molar-refractivity contribution is -0.164. The van der Waals surface area contributed by atoms with Crippen molar-refractivity contribution in [3.63, 3.8) is 0 Å². The number of aliphatic hydroxyl groups excluding tert-OH is 1. The monoisotopic (exact) mass is 440 g/mol. The van der Waals surface area contributed by atoms with Crippen LogP contribution in [0.5, 0.6) is 0 Å². The maximum absolute atomic E-state index is 15.4. The normalized spacial score (nSPS) is 28.6. The number of hydrogen-bond donors (Lipinski definition) is 1. The molecule has 3 rings (SSSR count). The van der Waals surface area contributed by atoms with Gasteiger partial charge in [0.2, 0.25) is 0 Å². The van der Waals surface area contributed by atoms with Crippen LogP contribution in [0.4, 0.5) is 9.18 Å². The molecule has 0 aromatic heterocycles. The van der Waals surface area contributed by atoms with Crippen LogP contribution in [0.15, 0.2) is 35.3 Å². The molecule has 9 heteroatoms. The Balaban J connectivity index is 1.71. The zero-order valence-corrected chi connectivity index (χ0v) is 18.5. The minimum atomic E-state index is -1.43. The number of thioether (sulfide) groups is 1. The molecule has 1 N–H and O–H groups in total. The second-order valence-electron chi connectivity index (χ2n) is 8.32. The minimum Gasteiger partial charge on any atom is -0.443 e. The van der Waals surface area contributed by atoms with Crippen LogP contribution < -0.4 is 0 Å². The summed E-state index contributed by atoms with van der Waals surface area (Å²) in [6.07, 6.45) is -3.22. The number of hydrogen-bond acceptors (Lipinski definition) is 7. The van der Waals surface area contributed by atoms with E-state index in [-0.39, 0.29) is 19.6 Å². The fourth-order valence-corrected chi connectivity index (χ4v) is 4.44. The van der Waals surface area contributed by atoms with Crippen molar-refractivity contribution in [2.45, 2.75) is 69.3 Å². The van der Waals surface area contributed by atoms with Gasteiger partial charge < -0.3 is 19.3 Å². The third kappa shape index (κ3) is 5.51. The molecule has 1 fully saturated rings. The third-order valence-corrected chi connectivity index (χ3v) is 5.94. The zero-order chi connectivity index (χ0) is 21.9. The summed E-state index contributed by atoms with van der Waals surface area (Å²) in [7, 11) is 1.54. The molecule has 0 spiro atoms. The van der Waals surface area contributed by atoms with Crippen LogP contribution in [0.2, 0.25) is 0 Å². The van der Waals surface area contributed by atoms with Crippen molar-refractivity contribution < 1.29 is 28.5 Å². The van der Waals surface area contributed by atoms with Crippen molar-refractivity contribution in [2.24, 2.45) is 4.99 Å². The highest BCUT2D eigenvalue weighted by molar-refractivity contribution is 8.14. The van der Waals surface area contributed by atoms with Gasteiger partial charge in [0, 0.05) is 13.7 Å². The predicted octanol–water partition coefficient (Wildman–Crippen LogP) is 3.36. The number of carbonyl (C=O) groups excluding carboxylic acids is 1. The molecular formula is C21H29FN2O5S. The van der Waals surface area contributed by atoms with E-state index >= 15 is 4.39 Å². The number of aliphatic imine (C=N–C) groups is 1. The summed E-state index contributed by atoms with van der Waals surface area (Å²) in [4.78, 5) is 18.0. The highest BCUT2D eigenvalue weighted by Gasteiger charge is 2.51. The first-order valence-electron chi connectivity index (χ1n) is 9.96. The van der Waals surface area contributed by atoms with E-state index in [1.165, 1.54) is 16.7 Å². The maximum atomic E-state index is 15.4. The van der Waals surface area contributed by atoms with E-state index in [1.807, 2.05) is 30.3 Å². The average Bonchev–Trinajstić information content (AvgIpc) is 3.11. The Morgan fingerprint density at radius 1 is 1.33 bits per heavy atom. The molecule has 30 heavy (non-hydrogen) atoms. The summed E-state index contributed by atoms with van der Waals surface area (Å²) >= 11 is 1.18. The molecule has 2 aliphatic heterocycles. The van der Waals surface area contributed by atoms with Gasteiger partial charge in [-0.1, -0.05) is 42.1 Å². The van der Waals surface area contributed by atoms with Crippen molar-refractivity contribution in [2.75, 3.05) is 13.7 Å². The molecule has 2 heterocycles. The van der Waals surface area contributed by atoms with E-state index in [9.17, 15) is 9.90 Å². The molecule has 166 valence electrons. The van der Waals surface area contributed by atoms with Crippen LogP contribution in [-0.2, 0) is 20.8 Å². The first-order valence-corrected chi connectivity index (χ1v) is 10.8. The van der Waals surface area contributed by atoms with Crippen molar-refractivity contribution >= 4 is 23.0 Å². The Kier molecular flexibility index (Phi) is 7.38. The summed E-state index contributed by atoms with van der Waals surface area (Å²) < 4.78 is 32.7. The molecule has 1 aromatic carbocycles.